The van der Waals surface area contributed by atoms with Crippen molar-refractivity contribution in [2.45, 2.75) is 117 Å². The number of aliphatic hydroxyl groups is 3. The van der Waals surface area contributed by atoms with Gasteiger partial charge in [0, 0.05) is 23.9 Å². The highest BCUT2D eigenvalue weighted by Crippen LogP contribution is 2.69. The number of carboxylic acids is 1. The number of ketones is 1. The molecule has 0 radical (unpaired) electrons. The molecule has 4 aliphatic rings. The second kappa shape index (κ2) is 14.1. The predicted octanol–water partition coefficient (Wildman–Crippen LogP) is 7.54. The number of anilines is 1. The number of fused-ring (bicyclic) bond motifs is 6. The molecule has 0 bridgehead atoms. The number of nitrogens with one attached hydrogen (secondary N) is 1. The quantitative estimate of drug-likeness (QED) is 0.119. The summed E-state index contributed by atoms with van der Waals surface area (Å²) in [5.41, 5.74) is 3.20. The average Bonchev–Trinajstić information content (AvgIpc) is 3.48. The van der Waals surface area contributed by atoms with E-state index in [0.717, 1.165) is 47.0 Å². The highest BCUT2D eigenvalue weighted by atomic mass is 16.4. The van der Waals surface area contributed by atoms with Crippen LogP contribution in [0, 0.1) is 65.1 Å². The molecular formula is C45H56N2O6. The fourth-order valence-corrected chi connectivity index (χ4v) is 11.8. The minimum Gasteiger partial charge on any atom is -0.481 e. The Morgan fingerprint density at radius 3 is 2.47 bits per heavy atom. The summed E-state index contributed by atoms with van der Waals surface area (Å²) in [5.74, 6) is 6.68. The van der Waals surface area contributed by atoms with Crippen LogP contribution in [0.25, 0.3) is 10.9 Å². The summed E-state index contributed by atoms with van der Waals surface area (Å²) < 4.78 is 0. The third kappa shape index (κ3) is 6.68. The Morgan fingerprint density at radius 2 is 1.75 bits per heavy atom. The van der Waals surface area contributed by atoms with Crippen LogP contribution in [0.5, 0.6) is 0 Å². The SMILES string of the molecule is CC(=O)c1c(C)nc2ccccc2c1NCc1ccc(C#CC2(O)CCC3(C)C(CC(O)C4C3CC(O)C3(C)C(C(C)CCC(=O)O)CCC43)C2)cc1. The summed E-state index contributed by atoms with van der Waals surface area (Å²) in [6, 6.07) is 15.8. The van der Waals surface area contributed by atoms with Crippen molar-refractivity contribution in [2.24, 2.45) is 46.3 Å². The molecule has 8 heteroatoms. The fraction of sp³-hybridized carbons (Fsp3) is 0.578. The van der Waals surface area contributed by atoms with Gasteiger partial charge >= 0.3 is 5.97 Å². The first-order valence-electron chi connectivity index (χ1n) is 19.7. The summed E-state index contributed by atoms with van der Waals surface area (Å²) in [7, 11) is 0. The van der Waals surface area contributed by atoms with Crippen molar-refractivity contribution in [3.8, 4) is 11.8 Å². The number of pyridine rings is 1. The monoisotopic (exact) mass is 720 g/mol. The van der Waals surface area contributed by atoms with Crippen LogP contribution in [0.1, 0.15) is 113 Å². The fourth-order valence-electron chi connectivity index (χ4n) is 11.8. The van der Waals surface area contributed by atoms with Gasteiger partial charge in [0.05, 0.1) is 34.7 Å². The van der Waals surface area contributed by atoms with E-state index in [1.807, 2.05) is 55.5 Å². The number of hydrogen-bond acceptors (Lipinski definition) is 7. The zero-order valence-electron chi connectivity index (χ0n) is 31.9. The average molecular weight is 721 g/mol. The second-order valence-electron chi connectivity index (χ2n) is 17.6. The maximum absolute atomic E-state index is 12.6. The Kier molecular flexibility index (Phi) is 10.0. The molecule has 4 aliphatic carbocycles. The van der Waals surface area contributed by atoms with E-state index in [0.29, 0.717) is 49.9 Å². The highest BCUT2D eigenvalue weighted by Gasteiger charge is 2.66. The predicted molar refractivity (Wildman–Crippen MR) is 206 cm³/mol. The van der Waals surface area contributed by atoms with Crippen LogP contribution in [0.15, 0.2) is 48.5 Å². The lowest BCUT2D eigenvalue weighted by molar-refractivity contribution is -0.211. The molecule has 4 fully saturated rings. The molecule has 0 amide bonds. The van der Waals surface area contributed by atoms with E-state index >= 15 is 0 Å². The molecule has 282 valence electrons. The first-order valence-corrected chi connectivity index (χ1v) is 19.7. The Hall–Kier alpha value is -3.77. The molecule has 2 aromatic carbocycles. The zero-order valence-corrected chi connectivity index (χ0v) is 31.9. The number of aliphatic hydroxyl groups excluding tert-OH is 2. The second-order valence-corrected chi connectivity index (χ2v) is 17.6. The van der Waals surface area contributed by atoms with E-state index in [1.54, 1.807) is 6.92 Å². The molecule has 1 aromatic heterocycles. The molecule has 11 atom stereocenters. The van der Waals surface area contributed by atoms with Gasteiger partial charge in [0.25, 0.3) is 0 Å². The Morgan fingerprint density at radius 1 is 1.02 bits per heavy atom. The summed E-state index contributed by atoms with van der Waals surface area (Å²) in [4.78, 5) is 28.5. The van der Waals surface area contributed by atoms with Crippen LogP contribution >= 0.6 is 0 Å². The number of carboxylic acid groups (broad SMARTS) is 1. The van der Waals surface area contributed by atoms with E-state index < -0.39 is 23.8 Å². The van der Waals surface area contributed by atoms with E-state index in [-0.39, 0.29) is 58.5 Å². The molecular weight excluding hydrogens is 665 g/mol. The van der Waals surface area contributed by atoms with Crippen LogP contribution in [-0.4, -0.2) is 55.0 Å². The number of aryl methyl sites for hydroxylation is 1. The van der Waals surface area contributed by atoms with Crippen molar-refractivity contribution >= 4 is 28.3 Å². The van der Waals surface area contributed by atoms with Crippen molar-refractivity contribution in [3.05, 3.63) is 70.9 Å². The van der Waals surface area contributed by atoms with E-state index in [4.69, 9.17) is 0 Å². The maximum atomic E-state index is 12.6. The van der Waals surface area contributed by atoms with Gasteiger partial charge in [-0.25, -0.2) is 0 Å². The van der Waals surface area contributed by atoms with Crippen LogP contribution < -0.4 is 5.32 Å². The highest BCUT2D eigenvalue weighted by molar-refractivity contribution is 6.08. The van der Waals surface area contributed by atoms with Gasteiger partial charge in [-0.05, 0) is 135 Å². The van der Waals surface area contributed by atoms with Crippen LogP contribution in [0.4, 0.5) is 5.69 Å². The zero-order chi connectivity index (χ0) is 37.9. The normalized spacial score (nSPS) is 35.3. The van der Waals surface area contributed by atoms with Gasteiger partial charge in [0.15, 0.2) is 5.78 Å². The standard InChI is InChI=1S/C45H56N2O6/c1-26(10-17-39(51)52)33-15-16-34-41-35(23-38(50)44(33,34)5)43(4)20-21-45(53,24-31(43)22-37(41)49)19-18-29-11-13-30(14-12-29)25-46-42-32-8-6-7-9-36(32)47-27(2)40(42)28(3)48/h6-9,11-14,26,31,33-35,37-38,41,49-50,53H,10,15-17,20-25H2,1-5H3,(H,46,47)(H,51,52). The third-order valence-electron chi connectivity index (χ3n) is 14.7. The molecule has 1 heterocycles. The number of Topliss-reactive ketones (excluding diaryl/α,β-unsaturated/α-hetero) is 1. The number of aliphatic carboxylic acids is 1. The van der Waals surface area contributed by atoms with Gasteiger partial charge in [-0.3, -0.25) is 14.6 Å². The molecule has 5 N–H and O–H groups in total. The van der Waals surface area contributed by atoms with Gasteiger partial charge in [-0.2, -0.15) is 0 Å². The smallest absolute Gasteiger partial charge is 0.303 e. The van der Waals surface area contributed by atoms with E-state index in [9.17, 15) is 30.0 Å². The van der Waals surface area contributed by atoms with Gasteiger partial charge in [-0.15, -0.1) is 0 Å². The molecule has 0 saturated heterocycles. The minimum absolute atomic E-state index is 0.0277. The molecule has 53 heavy (non-hydrogen) atoms. The summed E-state index contributed by atoms with van der Waals surface area (Å²) in [6.45, 7) is 10.6. The Bertz CT molecular complexity index is 1950. The number of aromatic nitrogens is 1. The number of rotatable bonds is 8. The van der Waals surface area contributed by atoms with Crippen LogP contribution in [-0.2, 0) is 11.3 Å². The first-order chi connectivity index (χ1) is 25.1. The largest absolute Gasteiger partial charge is 0.481 e. The molecule has 0 aliphatic heterocycles. The number of carbonyl (C=O) groups is 2. The minimum atomic E-state index is -1.15. The van der Waals surface area contributed by atoms with Gasteiger partial charge in [-0.1, -0.05) is 62.9 Å². The lowest BCUT2D eigenvalue weighted by Gasteiger charge is -2.64. The van der Waals surface area contributed by atoms with Crippen LogP contribution in [0.3, 0.4) is 0 Å². The topological polar surface area (TPSA) is 140 Å². The number of benzene rings is 2. The molecule has 4 saturated carbocycles. The van der Waals surface area contributed by atoms with Crippen molar-refractivity contribution in [1.82, 2.24) is 4.98 Å². The Labute approximate surface area is 313 Å². The van der Waals surface area contributed by atoms with Crippen molar-refractivity contribution in [3.63, 3.8) is 0 Å². The van der Waals surface area contributed by atoms with Gasteiger partial charge in [0.1, 0.15) is 5.60 Å². The summed E-state index contributed by atoms with van der Waals surface area (Å²) in [6.07, 6.45) is 4.79. The van der Waals surface area contributed by atoms with Gasteiger partial charge in [0.2, 0.25) is 0 Å². The number of carbonyl (C=O) groups excluding carboxylic acids is 1. The molecule has 7 rings (SSSR count). The van der Waals surface area contributed by atoms with Gasteiger partial charge < -0.3 is 25.7 Å². The molecule has 11 unspecified atom stereocenters. The molecule has 3 aromatic rings. The first kappa shape index (κ1) is 37.5. The molecule has 8 nitrogen and oxygen atoms in total. The lowest BCUT2D eigenvalue weighted by Crippen LogP contribution is -2.63. The summed E-state index contributed by atoms with van der Waals surface area (Å²) >= 11 is 0. The maximum Gasteiger partial charge on any atom is 0.303 e. The lowest BCUT2D eigenvalue weighted by atomic mass is 9.42. The summed E-state index contributed by atoms with van der Waals surface area (Å²) in [5, 5.41) is 49.3. The van der Waals surface area contributed by atoms with Crippen molar-refractivity contribution < 1.29 is 30.0 Å². The van der Waals surface area contributed by atoms with Crippen molar-refractivity contribution in [1.29, 1.82) is 0 Å². The Balaban J connectivity index is 1.03. The number of hydrogen-bond donors (Lipinski definition) is 5. The van der Waals surface area contributed by atoms with Crippen molar-refractivity contribution in [2.75, 3.05) is 5.32 Å². The molecule has 0 spiro atoms. The van der Waals surface area contributed by atoms with E-state index in [1.165, 1.54) is 0 Å². The third-order valence-corrected chi connectivity index (χ3v) is 14.7. The van der Waals surface area contributed by atoms with E-state index in [2.05, 4.69) is 42.9 Å². The van der Waals surface area contributed by atoms with Crippen LogP contribution in [0.2, 0.25) is 0 Å². The number of para-hydroxylation sites is 1. The number of nitrogens with zero attached hydrogens (tertiary/aromatic N) is 1.